The van der Waals surface area contributed by atoms with Crippen LogP contribution in [0.4, 0.5) is 0 Å². The highest BCUT2D eigenvalue weighted by atomic mass is 32.1. The molecule has 8 heteroatoms. The summed E-state index contributed by atoms with van der Waals surface area (Å²) < 4.78 is 1.64. The van der Waals surface area contributed by atoms with E-state index in [1.807, 2.05) is 13.8 Å². The fourth-order valence-corrected chi connectivity index (χ4v) is 2.25. The molecule has 2 aromatic rings. The van der Waals surface area contributed by atoms with Crippen molar-refractivity contribution in [1.29, 1.82) is 0 Å². The van der Waals surface area contributed by atoms with Crippen molar-refractivity contribution in [3.05, 3.63) is 22.7 Å². The fourth-order valence-electron chi connectivity index (χ4n) is 1.53. The van der Waals surface area contributed by atoms with Crippen LogP contribution in [-0.4, -0.2) is 30.9 Å². The second kappa shape index (κ2) is 6.37. The van der Waals surface area contributed by atoms with Gasteiger partial charge in [-0.25, -0.2) is 4.98 Å². The third kappa shape index (κ3) is 3.82. The molecule has 2 heterocycles. The van der Waals surface area contributed by atoms with Crippen molar-refractivity contribution in [2.75, 3.05) is 0 Å². The Kier molecular flexibility index (Phi) is 4.56. The third-order valence-corrected chi connectivity index (χ3v) is 3.67. The fraction of sp³-hybridized carbons (Fsp3) is 0.545. The lowest BCUT2D eigenvalue weighted by Crippen LogP contribution is -2.31. The molecule has 0 aromatic carbocycles. The zero-order valence-electron chi connectivity index (χ0n) is 10.9. The van der Waals surface area contributed by atoms with E-state index in [9.17, 15) is 4.79 Å². The van der Waals surface area contributed by atoms with E-state index in [0.717, 1.165) is 16.4 Å². The largest absolute Gasteiger partial charge is 0.349 e. The summed E-state index contributed by atoms with van der Waals surface area (Å²) in [6, 6.07) is 0. The number of rotatable bonds is 6. The zero-order valence-corrected chi connectivity index (χ0v) is 11.7. The molecule has 0 spiro atoms. The molecule has 0 aliphatic rings. The molecule has 1 N–H and O–H groups in total. The quantitative estimate of drug-likeness (QED) is 0.839. The Morgan fingerprint density at radius 2 is 2.26 bits per heavy atom. The smallest absolute Gasteiger partial charge is 0.225 e. The van der Waals surface area contributed by atoms with Crippen LogP contribution in [0.1, 0.15) is 23.9 Å². The zero-order chi connectivity index (χ0) is 13.7. The van der Waals surface area contributed by atoms with Crippen LogP contribution in [0.2, 0.25) is 0 Å². The summed E-state index contributed by atoms with van der Waals surface area (Å²) in [5.41, 5.74) is 0. The van der Waals surface area contributed by atoms with Crippen LogP contribution in [0.5, 0.6) is 0 Å². The standard InChI is InChI=1S/C11H16N6OS/c1-3-9-15-16-10(19-9)4-13-11(18)8(2)5-17-7-12-6-14-17/h6-8H,3-5H2,1-2H3,(H,13,18)/t8-/m1/s1. The molecule has 0 radical (unpaired) electrons. The van der Waals surface area contributed by atoms with Crippen LogP contribution in [0, 0.1) is 5.92 Å². The van der Waals surface area contributed by atoms with E-state index in [4.69, 9.17) is 0 Å². The molecule has 0 saturated heterocycles. The van der Waals surface area contributed by atoms with Crippen molar-refractivity contribution < 1.29 is 4.79 Å². The van der Waals surface area contributed by atoms with Gasteiger partial charge < -0.3 is 5.32 Å². The maximum Gasteiger partial charge on any atom is 0.225 e. The Morgan fingerprint density at radius 3 is 2.89 bits per heavy atom. The molecule has 0 saturated carbocycles. The predicted octanol–water partition coefficient (Wildman–Crippen LogP) is 0.644. The van der Waals surface area contributed by atoms with Gasteiger partial charge in [0, 0.05) is 0 Å². The van der Waals surface area contributed by atoms with Gasteiger partial charge in [-0.05, 0) is 6.42 Å². The van der Waals surface area contributed by atoms with E-state index in [-0.39, 0.29) is 11.8 Å². The number of hydrogen-bond donors (Lipinski definition) is 1. The van der Waals surface area contributed by atoms with Crippen molar-refractivity contribution in [2.24, 2.45) is 5.92 Å². The number of nitrogens with zero attached hydrogens (tertiary/aromatic N) is 5. The number of hydrogen-bond acceptors (Lipinski definition) is 6. The Morgan fingerprint density at radius 1 is 1.47 bits per heavy atom. The molecule has 0 unspecified atom stereocenters. The minimum Gasteiger partial charge on any atom is -0.349 e. The number of carbonyl (C=O) groups excluding carboxylic acids is 1. The lowest BCUT2D eigenvalue weighted by molar-refractivity contribution is -0.125. The molecule has 0 aliphatic heterocycles. The van der Waals surface area contributed by atoms with Crippen LogP contribution >= 0.6 is 11.3 Å². The maximum absolute atomic E-state index is 11.9. The molecule has 2 aromatic heterocycles. The maximum atomic E-state index is 11.9. The van der Waals surface area contributed by atoms with Gasteiger partial charge in [0.1, 0.15) is 22.7 Å². The molecule has 19 heavy (non-hydrogen) atoms. The van der Waals surface area contributed by atoms with E-state index in [0.29, 0.717) is 13.1 Å². The highest BCUT2D eigenvalue weighted by molar-refractivity contribution is 7.11. The number of aromatic nitrogens is 5. The van der Waals surface area contributed by atoms with E-state index in [1.54, 1.807) is 11.0 Å². The van der Waals surface area contributed by atoms with Gasteiger partial charge in [0.15, 0.2) is 0 Å². The average Bonchev–Trinajstić information content (AvgIpc) is 3.06. The first kappa shape index (κ1) is 13.6. The first-order valence-corrected chi connectivity index (χ1v) is 6.92. The van der Waals surface area contributed by atoms with Crippen molar-refractivity contribution in [3.8, 4) is 0 Å². The van der Waals surface area contributed by atoms with E-state index in [2.05, 4.69) is 25.6 Å². The lowest BCUT2D eigenvalue weighted by Gasteiger charge is -2.10. The molecule has 7 nitrogen and oxygen atoms in total. The SMILES string of the molecule is CCc1nnc(CNC(=O)[C@H](C)Cn2cncn2)s1. The van der Waals surface area contributed by atoms with Crippen LogP contribution in [0.25, 0.3) is 0 Å². The first-order chi connectivity index (χ1) is 9.19. The van der Waals surface area contributed by atoms with Crippen LogP contribution < -0.4 is 5.32 Å². The Labute approximate surface area is 115 Å². The van der Waals surface area contributed by atoms with Crippen molar-refractivity contribution >= 4 is 17.2 Å². The van der Waals surface area contributed by atoms with Crippen LogP contribution in [0.3, 0.4) is 0 Å². The van der Waals surface area contributed by atoms with Crippen molar-refractivity contribution in [3.63, 3.8) is 0 Å². The summed E-state index contributed by atoms with van der Waals surface area (Å²) in [5.74, 6) is -0.191. The summed E-state index contributed by atoms with van der Waals surface area (Å²) in [6.07, 6.45) is 3.93. The lowest BCUT2D eigenvalue weighted by atomic mass is 10.1. The van der Waals surface area contributed by atoms with Crippen LogP contribution in [0.15, 0.2) is 12.7 Å². The second-order valence-corrected chi connectivity index (χ2v) is 5.33. The van der Waals surface area contributed by atoms with E-state index < -0.39 is 0 Å². The number of carbonyl (C=O) groups is 1. The molecule has 0 fully saturated rings. The highest BCUT2D eigenvalue weighted by Gasteiger charge is 2.14. The molecule has 0 aliphatic carbocycles. The summed E-state index contributed by atoms with van der Waals surface area (Å²) in [6.45, 7) is 4.83. The molecule has 1 atom stereocenters. The van der Waals surface area contributed by atoms with E-state index in [1.165, 1.54) is 17.7 Å². The molecule has 102 valence electrons. The minimum absolute atomic E-state index is 0.0243. The Balaban J connectivity index is 1.80. The molecule has 0 bridgehead atoms. The van der Waals surface area contributed by atoms with Gasteiger partial charge in [0.05, 0.1) is 19.0 Å². The van der Waals surface area contributed by atoms with Gasteiger partial charge in [0.2, 0.25) is 5.91 Å². The monoisotopic (exact) mass is 280 g/mol. The number of nitrogens with one attached hydrogen (secondary N) is 1. The highest BCUT2D eigenvalue weighted by Crippen LogP contribution is 2.10. The predicted molar refractivity (Wildman–Crippen MR) is 70.3 cm³/mol. The third-order valence-electron chi connectivity index (χ3n) is 2.60. The van der Waals surface area contributed by atoms with Crippen LogP contribution in [-0.2, 0) is 24.3 Å². The number of amides is 1. The average molecular weight is 280 g/mol. The summed E-state index contributed by atoms with van der Waals surface area (Å²) in [5, 5.41) is 16.7. The van der Waals surface area contributed by atoms with Crippen molar-refractivity contribution in [1.82, 2.24) is 30.3 Å². The van der Waals surface area contributed by atoms with E-state index >= 15 is 0 Å². The van der Waals surface area contributed by atoms with Gasteiger partial charge in [0.25, 0.3) is 0 Å². The minimum atomic E-state index is -0.166. The van der Waals surface area contributed by atoms with Crippen molar-refractivity contribution in [2.45, 2.75) is 33.4 Å². The normalized spacial score (nSPS) is 12.3. The van der Waals surface area contributed by atoms with Gasteiger partial charge in [-0.1, -0.05) is 25.2 Å². The summed E-state index contributed by atoms with van der Waals surface area (Å²) in [4.78, 5) is 15.7. The summed E-state index contributed by atoms with van der Waals surface area (Å²) >= 11 is 1.53. The Bertz CT molecular complexity index is 523. The van der Waals surface area contributed by atoms with Gasteiger partial charge in [-0.3, -0.25) is 9.48 Å². The first-order valence-electron chi connectivity index (χ1n) is 6.10. The second-order valence-electron chi connectivity index (χ2n) is 4.18. The molecule has 2 rings (SSSR count). The van der Waals surface area contributed by atoms with Gasteiger partial charge in [-0.2, -0.15) is 5.10 Å². The van der Waals surface area contributed by atoms with Gasteiger partial charge in [-0.15, -0.1) is 10.2 Å². The number of aryl methyl sites for hydroxylation is 1. The Hall–Kier alpha value is -1.83. The van der Waals surface area contributed by atoms with Gasteiger partial charge >= 0.3 is 0 Å². The molecular weight excluding hydrogens is 264 g/mol. The summed E-state index contributed by atoms with van der Waals surface area (Å²) in [7, 11) is 0. The molecular formula is C11H16N6OS. The molecule has 1 amide bonds. The topological polar surface area (TPSA) is 85.6 Å².